The van der Waals surface area contributed by atoms with Gasteiger partial charge in [-0.1, -0.05) is 13.8 Å². The van der Waals surface area contributed by atoms with E-state index in [0.29, 0.717) is 19.6 Å². The van der Waals surface area contributed by atoms with Crippen molar-refractivity contribution in [2.45, 2.75) is 19.9 Å². The zero-order chi connectivity index (χ0) is 14.4. The number of β-amino-alcohol motifs (C(OH)–C–C–N with tert-alkyl or cyclic N) is 1. The van der Waals surface area contributed by atoms with Crippen molar-refractivity contribution in [3.8, 4) is 0 Å². The Morgan fingerprint density at radius 3 is 2.26 bits per heavy atom. The van der Waals surface area contributed by atoms with Gasteiger partial charge < -0.3 is 21.1 Å². The number of hydrogen-bond acceptors (Lipinski definition) is 4. The van der Waals surface area contributed by atoms with Crippen LogP contribution in [-0.2, 0) is 4.79 Å². The number of nitrogens with two attached hydrogens (primary N) is 1. The van der Waals surface area contributed by atoms with Crippen LogP contribution >= 0.6 is 0 Å². The monoisotopic (exact) mass is 272 g/mol. The second-order valence-corrected chi connectivity index (χ2v) is 5.12. The average molecular weight is 272 g/mol. The molecule has 0 aliphatic carbocycles. The summed E-state index contributed by atoms with van der Waals surface area (Å²) >= 11 is 0. The van der Waals surface area contributed by atoms with E-state index in [1.165, 1.54) is 0 Å². The normalized spacial score (nSPS) is 18.4. The molecule has 0 spiro atoms. The summed E-state index contributed by atoms with van der Waals surface area (Å²) in [6.45, 7) is 7.23. The molecule has 1 unspecified atom stereocenters. The predicted molar refractivity (Wildman–Crippen MR) is 71.5 cm³/mol. The molecule has 1 atom stereocenters. The summed E-state index contributed by atoms with van der Waals surface area (Å²) < 4.78 is 0. The van der Waals surface area contributed by atoms with E-state index in [-0.39, 0.29) is 18.4 Å². The lowest BCUT2D eigenvalue weighted by Crippen LogP contribution is -2.57. The van der Waals surface area contributed by atoms with E-state index in [9.17, 15) is 9.59 Å². The van der Waals surface area contributed by atoms with Crippen LogP contribution in [0.25, 0.3) is 0 Å². The Labute approximate surface area is 113 Å². The molecule has 1 heterocycles. The van der Waals surface area contributed by atoms with E-state index in [0.717, 1.165) is 13.1 Å². The Morgan fingerprint density at radius 2 is 1.84 bits per heavy atom. The van der Waals surface area contributed by atoms with Gasteiger partial charge in [0.2, 0.25) is 5.91 Å². The first kappa shape index (κ1) is 15.7. The van der Waals surface area contributed by atoms with Gasteiger partial charge in [-0.2, -0.15) is 0 Å². The maximum Gasteiger partial charge on any atom is 0.312 e. The van der Waals surface area contributed by atoms with Crippen LogP contribution in [-0.4, -0.2) is 72.2 Å². The minimum atomic E-state index is -0.675. The summed E-state index contributed by atoms with van der Waals surface area (Å²) in [4.78, 5) is 27.1. The first-order chi connectivity index (χ1) is 8.95. The van der Waals surface area contributed by atoms with Crippen molar-refractivity contribution in [2.24, 2.45) is 11.7 Å². The van der Waals surface area contributed by atoms with Gasteiger partial charge in [0.1, 0.15) is 6.04 Å². The second-order valence-electron chi connectivity index (χ2n) is 5.12. The van der Waals surface area contributed by atoms with Crippen LogP contribution in [0.2, 0.25) is 0 Å². The molecule has 19 heavy (non-hydrogen) atoms. The Balaban J connectivity index is 2.54. The summed E-state index contributed by atoms with van der Waals surface area (Å²) in [6, 6.07) is -1.24. The smallest absolute Gasteiger partial charge is 0.312 e. The number of amides is 3. The standard InChI is InChI=1S/C12H24N4O3/c1-9(2)10(14-12(13)19)11(18)16-5-3-15(4-6-16)7-8-17/h9-10,17H,3-8H2,1-2H3,(H3,13,14,19). The van der Waals surface area contributed by atoms with Crippen LogP contribution in [0.4, 0.5) is 4.79 Å². The lowest BCUT2D eigenvalue weighted by molar-refractivity contribution is -0.136. The van der Waals surface area contributed by atoms with E-state index in [1.54, 1.807) is 4.90 Å². The number of rotatable bonds is 5. The molecule has 7 heteroatoms. The maximum absolute atomic E-state index is 12.3. The van der Waals surface area contributed by atoms with E-state index in [2.05, 4.69) is 10.2 Å². The molecule has 0 aromatic heterocycles. The molecule has 4 N–H and O–H groups in total. The molecule has 7 nitrogen and oxygen atoms in total. The Morgan fingerprint density at radius 1 is 1.26 bits per heavy atom. The highest BCUT2D eigenvalue weighted by molar-refractivity contribution is 5.86. The van der Waals surface area contributed by atoms with Crippen molar-refractivity contribution in [2.75, 3.05) is 39.3 Å². The fourth-order valence-electron chi connectivity index (χ4n) is 2.20. The lowest BCUT2D eigenvalue weighted by atomic mass is 10.0. The van der Waals surface area contributed by atoms with E-state index in [4.69, 9.17) is 10.8 Å². The number of urea groups is 1. The minimum Gasteiger partial charge on any atom is -0.395 e. The van der Waals surface area contributed by atoms with Crippen molar-refractivity contribution in [3.63, 3.8) is 0 Å². The zero-order valence-corrected chi connectivity index (χ0v) is 11.6. The number of carbonyl (C=O) groups is 2. The van der Waals surface area contributed by atoms with E-state index in [1.807, 2.05) is 13.8 Å². The highest BCUT2D eigenvalue weighted by atomic mass is 16.3. The highest BCUT2D eigenvalue weighted by Gasteiger charge is 2.29. The van der Waals surface area contributed by atoms with Crippen molar-refractivity contribution in [1.82, 2.24) is 15.1 Å². The lowest BCUT2D eigenvalue weighted by Gasteiger charge is -2.36. The van der Waals surface area contributed by atoms with Gasteiger partial charge in [-0.25, -0.2) is 4.79 Å². The van der Waals surface area contributed by atoms with Gasteiger partial charge in [-0.15, -0.1) is 0 Å². The van der Waals surface area contributed by atoms with Gasteiger partial charge in [-0.05, 0) is 5.92 Å². The molecule has 1 saturated heterocycles. The molecule has 1 aliphatic rings. The SMILES string of the molecule is CC(C)C(NC(N)=O)C(=O)N1CCN(CCO)CC1. The maximum atomic E-state index is 12.3. The number of primary amides is 1. The van der Waals surface area contributed by atoms with Crippen molar-refractivity contribution < 1.29 is 14.7 Å². The summed E-state index contributed by atoms with van der Waals surface area (Å²) in [5, 5.41) is 11.4. The Bertz CT molecular complexity index is 314. The fourth-order valence-corrected chi connectivity index (χ4v) is 2.20. The predicted octanol–water partition coefficient (Wildman–Crippen LogP) is -1.18. The molecule has 0 aromatic rings. The molecule has 0 bridgehead atoms. The number of aliphatic hydroxyl groups is 1. The number of nitrogens with one attached hydrogen (secondary N) is 1. The van der Waals surface area contributed by atoms with Gasteiger partial charge in [-0.3, -0.25) is 9.69 Å². The van der Waals surface area contributed by atoms with Crippen LogP contribution < -0.4 is 11.1 Å². The van der Waals surface area contributed by atoms with Crippen LogP contribution in [0.3, 0.4) is 0 Å². The first-order valence-electron chi connectivity index (χ1n) is 6.63. The molecule has 1 aliphatic heterocycles. The topological polar surface area (TPSA) is 98.9 Å². The minimum absolute atomic E-state index is 0.00419. The summed E-state index contributed by atoms with van der Waals surface area (Å²) in [5.74, 6) is -0.0899. The Kier molecular flexibility index (Phi) is 6.04. The van der Waals surface area contributed by atoms with E-state index < -0.39 is 12.1 Å². The summed E-state index contributed by atoms with van der Waals surface area (Å²) in [5.41, 5.74) is 5.10. The first-order valence-corrected chi connectivity index (χ1v) is 6.63. The third kappa shape index (κ3) is 4.68. The average Bonchev–Trinajstić information content (AvgIpc) is 2.36. The fraction of sp³-hybridized carbons (Fsp3) is 0.833. The van der Waals surface area contributed by atoms with E-state index >= 15 is 0 Å². The van der Waals surface area contributed by atoms with Crippen LogP contribution in [0.15, 0.2) is 0 Å². The van der Waals surface area contributed by atoms with Crippen LogP contribution in [0.1, 0.15) is 13.8 Å². The number of piperazine rings is 1. The van der Waals surface area contributed by atoms with Crippen LogP contribution in [0.5, 0.6) is 0 Å². The number of nitrogens with zero attached hydrogens (tertiary/aromatic N) is 2. The molecule has 3 amide bonds. The summed E-state index contributed by atoms with van der Waals surface area (Å²) in [7, 11) is 0. The molecule has 110 valence electrons. The molecule has 1 rings (SSSR count). The number of carbonyl (C=O) groups excluding carboxylic acids is 2. The Hall–Kier alpha value is -1.34. The summed E-state index contributed by atoms with van der Waals surface area (Å²) in [6.07, 6.45) is 0. The largest absolute Gasteiger partial charge is 0.395 e. The number of hydrogen-bond donors (Lipinski definition) is 3. The zero-order valence-electron chi connectivity index (χ0n) is 11.6. The third-order valence-electron chi connectivity index (χ3n) is 3.33. The molecule has 0 radical (unpaired) electrons. The van der Waals surface area contributed by atoms with Gasteiger partial charge >= 0.3 is 6.03 Å². The van der Waals surface area contributed by atoms with Gasteiger partial charge in [0.05, 0.1) is 6.61 Å². The van der Waals surface area contributed by atoms with Crippen molar-refractivity contribution in [3.05, 3.63) is 0 Å². The van der Waals surface area contributed by atoms with Crippen LogP contribution in [0, 0.1) is 5.92 Å². The van der Waals surface area contributed by atoms with Gasteiger partial charge in [0, 0.05) is 32.7 Å². The highest BCUT2D eigenvalue weighted by Crippen LogP contribution is 2.09. The molecular formula is C12H24N4O3. The van der Waals surface area contributed by atoms with Gasteiger partial charge in [0.25, 0.3) is 0 Å². The quantitative estimate of drug-likeness (QED) is 0.586. The van der Waals surface area contributed by atoms with Crippen molar-refractivity contribution in [1.29, 1.82) is 0 Å². The second kappa shape index (κ2) is 7.30. The molecule has 1 fully saturated rings. The van der Waals surface area contributed by atoms with Gasteiger partial charge in [0.15, 0.2) is 0 Å². The molecule has 0 saturated carbocycles. The number of aliphatic hydroxyl groups excluding tert-OH is 1. The molecular weight excluding hydrogens is 248 g/mol. The molecule has 0 aromatic carbocycles. The van der Waals surface area contributed by atoms with Crippen molar-refractivity contribution >= 4 is 11.9 Å². The third-order valence-corrected chi connectivity index (χ3v) is 3.33.